The van der Waals surface area contributed by atoms with Crippen molar-refractivity contribution < 1.29 is 9.90 Å². The molecule has 7 heteroatoms. The van der Waals surface area contributed by atoms with Gasteiger partial charge in [0.25, 0.3) is 0 Å². The van der Waals surface area contributed by atoms with Crippen molar-refractivity contribution in [1.82, 2.24) is 9.97 Å². The molecule has 2 heterocycles. The van der Waals surface area contributed by atoms with Gasteiger partial charge in [-0.05, 0) is 44.0 Å². The van der Waals surface area contributed by atoms with Crippen LogP contribution in [-0.4, -0.2) is 26.7 Å². The fourth-order valence-electron chi connectivity index (χ4n) is 2.40. The van der Waals surface area contributed by atoms with Gasteiger partial charge in [-0.1, -0.05) is 24.8 Å². The van der Waals surface area contributed by atoms with Gasteiger partial charge in [-0.3, -0.25) is 4.79 Å². The van der Waals surface area contributed by atoms with E-state index >= 15 is 0 Å². The van der Waals surface area contributed by atoms with Crippen molar-refractivity contribution >= 4 is 44.9 Å². The summed E-state index contributed by atoms with van der Waals surface area (Å²) >= 11 is 3.06. The van der Waals surface area contributed by atoms with Gasteiger partial charge in [0.15, 0.2) is 0 Å². The highest BCUT2D eigenvalue weighted by atomic mass is 32.2. The smallest absolute Gasteiger partial charge is 0.234 e. The number of thioether (sulfide) groups is 1. The lowest BCUT2D eigenvalue weighted by Crippen LogP contribution is -2.14. The molecule has 0 aliphatic carbocycles. The molecule has 2 N–H and O–H groups in total. The molecule has 130 valence electrons. The lowest BCUT2D eigenvalue weighted by atomic mass is 10.2. The number of nitrogens with one attached hydrogen (secondary N) is 1. The monoisotopic (exact) mass is 373 g/mol. The van der Waals surface area contributed by atoms with E-state index in [0.29, 0.717) is 11.5 Å². The number of rotatable bonds is 5. The van der Waals surface area contributed by atoms with Gasteiger partial charge < -0.3 is 10.4 Å². The average Bonchev–Trinajstić information content (AvgIpc) is 2.99. The number of thiophene rings is 1. The van der Waals surface area contributed by atoms with Crippen LogP contribution >= 0.6 is 23.1 Å². The van der Waals surface area contributed by atoms with Crippen molar-refractivity contribution in [2.24, 2.45) is 0 Å². The zero-order valence-corrected chi connectivity index (χ0v) is 15.9. The highest BCUT2D eigenvalue weighted by Gasteiger charge is 2.13. The van der Waals surface area contributed by atoms with E-state index in [1.165, 1.54) is 16.6 Å². The molecule has 0 saturated heterocycles. The molecule has 3 rings (SSSR count). The summed E-state index contributed by atoms with van der Waals surface area (Å²) in [5, 5.41) is 14.4. The van der Waals surface area contributed by atoms with Crippen LogP contribution in [0.15, 0.2) is 29.3 Å². The zero-order chi connectivity index (χ0) is 18.0. The molecule has 5 nitrogen and oxygen atoms in total. The van der Waals surface area contributed by atoms with Gasteiger partial charge in [0.2, 0.25) is 5.91 Å². The molecule has 0 aliphatic heterocycles. The maximum absolute atomic E-state index is 12.2. The average molecular weight is 374 g/mol. The molecule has 0 unspecified atom stereocenters. The number of fused-ring (bicyclic) bond motifs is 1. The van der Waals surface area contributed by atoms with Crippen LogP contribution in [0.5, 0.6) is 5.75 Å². The number of nitrogens with zero attached hydrogens (tertiary/aromatic N) is 2. The minimum absolute atomic E-state index is 0.0645. The minimum Gasteiger partial charge on any atom is -0.506 e. The highest BCUT2D eigenvalue weighted by Crippen LogP contribution is 2.32. The predicted octanol–water partition coefficient (Wildman–Crippen LogP) is 4.31. The van der Waals surface area contributed by atoms with Crippen LogP contribution in [0.25, 0.3) is 10.2 Å². The SMILES string of the molecule is CCc1cc2c(SCC(=O)Nc3cc(C)ccc3O)nc(C)nc2s1. The van der Waals surface area contributed by atoms with Gasteiger partial charge in [-0.2, -0.15) is 0 Å². The quantitative estimate of drug-likeness (QED) is 0.396. The number of phenolic OH excluding ortho intramolecular Hbond substituents is 1. The van der Waals surface area contributed by atoms with Gasteiger partial charge in [0.1, 0.15) is 21.4 Å². The Morgan fingerprint density at radius 1 is 1.28 bits per heavy atom. The summed E-state index contributed by atoms with van der Waals surface area (Å²) in [6.07, 6.45) is 0.956. The lowest BCUT2D eigenvalue weighted by molar-refractivity contribution is -0.113. The summed E-state index contributed by atoms with van der Waals surface area (Å²) in [4.78, 5) is 23.4. The van der Waals surface area contributed by atoms with Crippen LogP contribution in [-0.2, 0) is 11.2 Å². The summed E-state index contributed by atoms with van der Waals surface area (Å²) in [6, 6.07) is 7.22. The number of anilines is 1. The molecule has 25 heavy (non-hydrogen) atoms. The topological polar surface area (TPSA) is 75.1 Å². The Hall–Kier alpha value is -2.12. The molecule has 2 aromatic heterocycles. The number of phenols is 1. The number of carbonyl (C=O) groups excluding carboxylic acids is 1. The second-order valence-corrected chi connectivity index (χ2v) is 7.80. The molecule has 0 saturated carbocycles. The Labute approximate surface area is 154 Å². The molecule has 3 aromatic rings. The number of amides is 1. The van der Waals surface area contributed by atoms with Gasteiger partial charge in [-0.25, -0.2) is 9.97 Å². The number of aromatic nitrogens is 2. The second kappa shape index (κ2) is 7.41. The van der Waals surface area contributed by atoms with Gasteiger partial charge in [-0.15, -0.1) is 11.3 Å². The van der Waals surface area contributed by atoms with Crippen LogP contribution in [0.1, 0.15) is 23.2 Å². The van der Waals surface area contributed by atoms with Crippen molar-refractivity contribution in [3.8, 4) is 5.75 Å². The van der Waals surface area contributed by atoms with E-state index in [0.717, 1.165) is 27.2 Å². The summed E-state index contributed by atoms with van der Waals surface area (Å²) < 4.78 is 0. The number of benzene rings is 1. The first kappa shape index (κ1) is 17.7. The van der Waals surface area contributed by atoms with Gasteiger partial charge in [0.05, 0.1) is 11.4 Å². The molecule has 1 aromatic carbocycles. The van der Waals surface area contributed by atoms with Crippen molar-refractivity contribution in [2.45, 2.75) is 32.2 Å². The first-order valence-electron chi connectivity index (χ1n) is 7.95. The minimum atomic E-state index is -0.179. The molecule has 0 fully saturated rings. The molecule has 0 bridgehead atoms. The molecule has 0 radical (unpaired) electrons. The number of aromatic hydroxyl groups is 1. The number of carbonyl (C=O) groups is 1. The largest absolute Gasteiger partial charge is 0.506 e. The van der Waals surface area contributed by atoms with Crippen molar-refractivity contribution in [1.29, 1.82) is 0 Å². The van der Waals surface area contributed by atoms with E-state index in [9.17, 15) is 9.90 Å². The van der Waals surface area contributed by atoms with Crippen LogP contribution in [0.2, 0.25) is 0 Å². The van der Waals surface area contributed by atoms with E-state index in [-0.39, 0.29) is 17.4 Å². The first-order chi connectivity index (χ1) is 12.0. The maximum Gasteiger partial charge on any atom is 0.234 e. The van der Waals surface area contributed by atoms with E-state index in [1.54, 1.807) is 29.5 Å². The Bertz CT molecular complexity index is 937. The van der Waals surface area contributed by atoms with Crippen LogP contribution in [0.3, 0.4) is 0 Å². The number of aryl methyl sites for hydroxylation is 3. The van der Waals surface area contributed by atoms with Gasteiger partial charge >= 0.3 is 0 Å². The third-order valence-electron chi connectivity index (χ3n) is 3.64. The lowest BCUT2D eigenvalue weighted by Gasteiger charge is -2.08. The Morgan fingerprint density at radius 3 is 2.84 bits per heavy atom. The van der Waals surface area contributed by atoms with E-state index < -0.39 is 0 Å². The number of hydrogen-bond donors (Lipinski definition) is 2. The normalized spacial score (nSPS) is 11.0. The van der Waals surface area contributed by atoms with E-state index in [4.69, 9.17) is 0 Å². The van der Waals surface area contributed by atoms with Crippen LogP contribution in [0, 0.1) is 13.8 Å². The van der Waals surface area contributed by atoms with Crippen molar-refractivity contribution in [2.75, 3.05) is 11.1 Å². The highest BCUT2D eigenvalue weighted by molar-refractivity contribution is 8.00. The number of hydrogen-bond acceptors (Lipinski definition) is 6. The summed E-state index contributed by atoms with van der Waals surface area (Å²) in [5.41, 5.74) is 1.40. The molecule has 0 spiro atoms. The Balaban J connectivity index is 1.74. The van der Waals surface area contributed by atoms with E-state index in [2.05, 4.69) is 28.3 Å². The van der Waals surface area contributed by atoms with Crippen LogP contribution < -0.4 is 5.32 Å². The summed E-state index contributed by atoms with van der Waals surface area (Å²) in [5.74, 6) is 0.808. The van der Waals surface area contributed by atoms with Gasteiger partial charge in [0, 0.05) is 10.3 Å². The fraction of sp³-hybridized carbons (Fsp3) is 0.278. The molecule has 0 aliphatic rings. The van der Waals surface area contributed by atoms with Crippen LogP contribution in [0.4, 0.5) is 5.69 Å². The first-order valence-corrected chi connectivity index (χ1v) is 9.75. The molecular formula is C18H19N3O2S2. The Morgan fingerprint density at radius 2 is 2.08 bits per heavy atom. The third kappa shape index (κ3) is 4.11. The molecule has 0 atom stereocenters. The molecular weight excluding hydrogens is 354 g/mol. The standard InChI is InChI=1S/C18H19N3O2S2/c1-4-12-8-13-17(19-11(3)20-18(13)25-12)24-9-16(23)21-14-7-10(2)5-6-15(14)22/h5-8,22H,4,9H2,1-3H3,(H,21,23). The second-order valence-electron chi connectivity index (χ2n) is 5.72. The van der Waals surface area contributed by atoms with E-state index in [1.807, 2.05) is 13.8 Å². The summed E-state index contributed by atoms with van der Waals surface area (Å²) in [7, 11) is 0. The van der Waals surface area contributed by atoms with Crippen molar-refractivity contribution in [3.05, 3.63) is 40.5 Å². The van der Waals surface area contributed by atoms with Crippen molar-refractivity contribution in [3.63, 3.8) is 0 Å². The zero-order valence-electron chi connectivity index (χ0n) is 14.3. The predicted molar refractivity (Wildman–Crippen MR) is 104 cm³/mol. The Kier molecular flexibility index (Phi) is 5.24. The third-order valence-corrected chi connectivity index (χ3v) is 5.80. The fourth-order valence-corrected chi connectivity index (χ4v) is 4.33. The summed E-state index contributed by atoms with van der Waals surface area (Å²) in [6.45, 7) is 5.88. The maximum atomic E-state index is 12.2. The molecule has 1 amide bonds.